The monoisotopic (exact) mass is 272 g/mol. The van der Waals surface area contributed by atoms with E-state index in [9.17, 15) is 8.42 Å². The van der Waals surface area contributed by atoms with Gasteiger partial charge in [0.1, 0.15) is 0 Å². The first-order valence-electron chi connectivity index (χ1n) is 6.21. The van der Waals surface area contributed by atoms with Gasteiger partial charge in [0.2, 0.25) is 10.0 Å². The van der Waals surface area contributed by atoms with Crippen LogP contribution >= 0.6 is 0 Å². The first-order valence-corrected chi connectivity index (χ1v) is 7.65. The average molecular weight is 272 g/mol. The van der Waals surface area contributed by atoms with E-state index in [2.05, 4.69) is 6.07 Å². The highest BCUT2D eigenvalue weighted by atomic mass is 32.2. The van der Waals surface area contributed by atoms with Gasteiger partial charge in [0.25, 0.3) is 0 Å². The highest BCUT2D eigenvalue weighted by molar-refractivity contribution is 7.89. The van der Waals surface area contributed by atoms with Crippen LogP contribution in [0.2, 0.25) is 0 Å². The Balaban J connectivity index is 1.93. The third-order valence-corrected chi connectivity index (χ3v) is 5.27. The summed E-state index contributed by atoms with van der Waals surface area (Å²) in [5, 5.41) is 0. The van der Waals surface area contributed by atoms with Crippen molar-refractivity contribution in [3.05, 3.63) is 65.7 Å². The Morgan fingerprint density at radius 2 is 1.84 bits per heavy atom. The summed E-state index contributed by atoms with van der Waals surface area (Å²) in [6.45, 7) is 0.976. The lowest BCUT2D eigenvalue weighted by molar-refractivity contribution is 0.391. The van der Waals surface area contributed by atoms with E-state index in [1.54, 1.807) is 28.6 Å². The molecule has 1 aliphatic heterocycles. The molecule has 0 atom stereocenters. The molecule has 1 aliphatic rings. The van der Waals surface area contributed by atoms with Gasteiger partial charge >= 0.3 is 0 Å². The quantitative estimate of drug-likeness (QED) is 0.840. The molecule has 0 saturated heterocycles. The highest BCUT2D eigenvalue weighted by Crippen LogP contribution is 2.24. The van der Waals surface area contributed by atoms with Crippen molar-refractivity contribution in [3.63, 3.8) is 0 Å². The molecule has 0 N–H and O–H groups in total. The van der Waals surface area contributed by atoms with Gasteiger partial charge < -0.3 is 0 Å². The SMILES string of the molecule is O=S(=O)(c1ccccc1)N1CCc2c[c]ccc2C1. The maximum Gasteiger partial charge on any atom is 0.243 e. The third-order valence-electron chi connectivity index (χ3n) is 3.41. The van der Waals surface area contributed by atoms with Crippen LogP contribution < -0.4 is 0 Å². The summed E-state index contributed by atoms with van der Waals surface area (Å²) in [5.41, 5.74) is 2.27. The first kappa shape index (κ1) is 12.4. The molecule has 0 fully saturated rings. The van der Waals surface area contributed by atoms with E-state index in [0.717, 1.165) is 12.0 Å². The molecule has 0 saturated carbocycles. The Labute approximate surface area is 113 Å². The summed E-state index contributed by atoms with van der Waals surface area (Å²) in [6, 6.07) is 17.4. The maximum atomic E-state index is 12.5. The lowest BCUT2D eigenvalue weighted by Gasteiger charge is -2.28. The van der Waals surface area contributed by atoms with Gasteiger partial charge in [-0.3, -0.25) is 0 Å². The smallest absolute Gasteiger partial charge is 0.207 e. The van der Waals surface area contributed by atoms with Crippen molar-refractivity contribution in [1.29, 1.82) is 0 Å². The molecule has 3 nitrogen and oxygen atoms in total. The van der Waals surface area contributed by atoms with Crippen molar-refractivity contribution in [2.45, 2.75) is 17.9 Å². The number of hydrogen-bond acceptors (Lipinski definition) is 2. The van der Waals surface area contributed by atoms with E-state index in [1.807, 2.05) is 24.3 Å². The van der Waals surface area contributed by atoms with E-state index < -0.39 is 10.0 Å². The zero-order valence-electron chi connectivity index (χ0n) is 10.4. The summed E-state index contributed by atoms with van der Waals surface area (Å²) in [5.74, 6) is 0. The Hall–Kier alpha value is -1.65. The lowest BCUT2D eigenvalue weighted by Crippen LogP contribution is -2.35. The van der Waals surface area contributed by atoms with Crippen LogP contribution in [0.1, 0.15) is 11.1 Å². The van der Waals surface area contributed by atoms with Crippen LogP contribution in [0.25, 0.3) is 0 Å². The van der Waals surface area contributed by atoms with Crippen LogP contribution in [-0.4, -0.2) is 19.3 Å². The predicted molar refractivity (Wildman–Crippen MR) is 73.0 cm³/mol. The van der Waals surface area contributed by atoms with Crippen molar-refractivity contribution in [3.8, 4) is 0 Å². The number of hydrogen-bond donors (Lipinski definition) is 0. The molecule has 2 aromatic carbocycles. The number of benzene rings is 2. The molecule has 0 unspecified atom stereocenters. The Bertz CT molecular complexity index is 680. The maximum absolute atomic E-state index is 12.5. The van der Waals surface area contributed by atoms with Crippen LogP contribution in [0.15, 0.2) is 53.4 Å². The first-order chi connectivity index (χ1) is 9.18. The Kier molecular flexibility index (Phi) is 3.12. The summed E-state index contributed by atoms with van der Waals surface area (Å²) < 4.78 is 26.6. The Morgan fingerprint density at radius 1 is 1.05 bits per heavy atom. The van der Waals surface area contributed by atoms with E-state index in [4.69, 9.17) is 0 Å². The second kappa shape index (κ2) is 4.79. The molecule has 19 heavy (non-hydrogen) atoms. The topological polar surface area (TPSA) is 37.4 Å². The van der Waals surface area contributed by atoms with Gasteiger partial charge in [0.15, 0.2) is 0 Å². The fourth-order valence-corrected chi connectivity index (χ4v) is 3.78. The number of sulfonamides is 1. The van der Waals surface area contributed by atoms with E-state index in [1.165, 1.54) is 5.56 Å². The summed E-state index contributed by atoms with van der Waals surface area (Å²) in [7, 11) is -3.38. The zero-order chi connectivity index (χ0) is 13.3. The molecule has 0 spiro atoms. The second-order valence-electron chi connectivity index (χ2n) is 4.60. The second-order valence-corrected chi connectivity index (χ2v) is 6.53. The minimum Gasteiger partial charge on any atom is -0.207 e. The zero-order valence-corrected chi connectivity index (χ0v) is 11.2. The minimum absolute atomic E-state index is 0.362. The molecule has 1 radical (unpaired) electrons. The van der Waals surface area contributed by atoms with Crippen LogP contribution in [0, 0.1) is 6.07 Å². The van der Waals surface area contributed by atoms with Crippen molar-refractivity contribution in [2.75, 3.05) is 6.54 Å². The number of fused-ring (bicyclic) bond motifs is 1. The van der Waals surface area contributed by atoms with Gasteiger partial charge in [-0.25, -0.2) is 8.42 Å². The van der Waals surface area contributed by atoms with Gasteiger partial charge in [-0.15, -0.1) is 0 Å². The van der Waals surface area contributed by atoms with Gasteiger partial charge in [-0.05, 0) is 35.7 Å². The largest absolute Gasteiger partial charge is 0.243 e. The fraction of sp³-hybridized carbons (Fsp3) is 0.200. The number of nitrogens with zero attached hydrogens (tertiary/aromatic N) is 1. The molecule has 0 bridgehead atoms. The standard InChI is InChI=1S/C15H14NO2S/c17-19(18,15-8-2-1-3-9-15)16-11-10-13-6-4-5-7-14(13)12-16/h1-3,5-9H,10-12H2. The molecule has 4 heteroatoms. The van der Waals surface area contributed by atoms with Crippen LogP contribution in [0.4, 0.5) is 0 Å². The molecule has 0 aromatic heterocycles. The van der Waals surface area contributed by atoms with Gasteiger partial charge in [-0.1, -0.05) is 36.4 Å². The van der Waals surface area contributed by atoms with E-state index in [-0.39, 0.29) is 0 Å². The van der Waals surface area contributed by atoms with Crippen LogP contribution in [0.3, 0.4) is 0 Å². The van der Waals surface area contributed by atoms with E-state index >= 15 is 0 Å². The predicted octanol–water partition coefficient (Wildman–Crippen LogP) is 2.23. The molecule has 0 aliphatic carbocycles. The fourth-order valence-electron chi connectivity index (χ4n) is 2.35. The molecule has 0 amide bonds. The lowest BCUT2D eigenvalue weighted by atomic mass is 10.0. The normalized spacial score (nSPS) is 16.0. The van der Waals surface area contributed by atoms with Crippen molar-refractivity contribution >= 4 is 10.0 Å². The summed E-state index contributed by atoms with van der Waals surface area (Å²) >= 11 is 0. The molecule has 3 rings (SSSR count). The van der Waals surface area contributed by atoms with Crippen molar-refractivity contribution in [2.24, 2.45) is 0 Å². The third kappa shape index (κ3) is 2.29. The Morgan fingerprint density at radius 3 is 2.63 bits per heavy atom. The number of rotatable bonds is 2. The van der Waals surface area contributed by atoms with Crippen molar-refractivity contribution < 1.29 is 8.42 Å². The summed E-state index contributed by atoms with van der Waals surface area (Å²) in [4.78, 5) is 0.362. The minimum atomic E-state index is -3.38. The van der Waals surface area contributed by atoms with E-state index in [0.29, 0.717) is 18.0 Å². The molecular weight excluding hydrogens is 258 g/mol. The van der Waals surface area contributed by atoms with Crippen LogP contribution in [-0.2, 0) is 23.0 Å². The molecular formula is C15H14NO2S. The van der Waals surface area contributed by atoms with Crippen molar-refractivity contribution in [1.82, 2.24) is 4.31 Å². The summed E-state index contributed by atoms with van der Waals surface area (Å²) in [6.07, 6.45) is 0.749. The van der Waals surface area contributed by atoms with Gasteiger partial charge in [-0.2, -0.15) is 4.31 Å². The van der Waals surface area contributed by atoms with Gasteiger partial charge in [0, 0.05) is 13.1 Å². The molecule has 2 aromatic rings. The molecule has 97 valence electrons. The molecule has 1 heterocycles. The van der Waals surface area contributed by atoms with Crippen LogP contribution in [0.5, 0.6) is 0 Å². The highest BCUT2D eigenvalue weighted by Gasteiger charge is 2.27. The van der Waals surface area contributed by atoms with Gasteiger partial charge in [0.05, 0.1) is 4.90 Å². The average Bonchev–Trinajstić information content (AvgIpc) is 2.47.